The summed E-state index contributed by atoms with van der Waals surface area (Å²) in [7, 11) is 3.05. The van der Waals surface area contributed by atoms with Crippen molar-refractivity contribution in [3.05, 3.63) is 29.8 Å². The monoisotopic (exact) mass is 343 g/mol. The third-order valence-corrected chi connectivity index (χ3v) is 2.86. The van der Waals surface area contributed by atoms with E-state index in [0.29, 0.717) is 18.7 Å². The molecule has 0 radical (unpaired) electrons. The van der Waals surface area contributed by atoms with E-state index in [0.717, 1.165) is 5.56 Å². The first kappa shape index (κ1) is 20.9. The summed E-state index contributed by atoms with van der Waals surface area (Å²) in [6.45, 7) is 0.471. The molecule has 0 unspecified atom stereocenters. The van der Waals surface area contributed by atoms with E-state index in [2.05, 4.69) is 20.7 Å². The lowest BCUT2D eigenvalue weighted by Gasteiger charge is -2.07. The van der Waals surface area contributed by atoms with Gasteiger partial charge in [0.25, 0.3) is 0 Å². The van der Waals surface area contributed by atoms with Gasteiger partial charge >= 0.3 is 5.97 Å². The van der Waals surface area contributed by atoms with Crippen LogP contribution in [0.5, 0.6) is 0 Å². The highest BCUT2D eigenvalue weighted by molar-refractivity contribution is 5.91. The molecule has 128 valence electrons. The van der Waals surface area contributed by atoms with E-state index in [1.807, 2.05) is 0 Å². The Morgan fingerprint density at radius 1 is 1.09 bits per heavy atom. The summed E-state index contributed by atoms with van der Waals surface area (Å²) in [6.07, 6.45) is 0.555. The summed E-state index contributed by atoms with van der Waals surface area (Å²) in [4.78, 5) is 34.1. The average Bonchev–Trinajstić information content (AvgIpc) is 2.52. The van der Waals surface area contributed by atoms with Crippen molar-refractivity contribution in [2.24, 2.45) is 0 Å². The lowest BCUT2D eigenvalue weighted by molar-refractivity contribution is -0.141. The predicted octanol–water partition coefficient (Wildman–Crippen LogP) is 0.488. The van der Waals surface area contributed by atoms with Gasteiger partial charge in [0.2, 0.25) is 11.8 Å². The molecule has 0 aliphatic rings. The standard InChI is InChI=1S/C15H21N3O4.ClH/c1-16-8-7-13(19)18-12-5-3-11(4-6-12)9-14(20)17-10-15(21)22-2;/h3-6,16H,7-10H2,1-2H3,(H,17,20)(H,18,19);1H. The first-order valence-corrected chi connectivity index (χ1v) is 6.92. The molecule has 1 aromatic rings. The molecule has 0 saturated carbocycles. The number of anilines is 1. The van der Waals surface area contributed by atoms with Crippen LogP contribution in [0, 0.1) is 0 Å². The summed E-state index contributed by atoms with van der Waals surface area (Å²) in [5, 5.41) is 8.13. The molecule has 8 heteroatoms. The van der Waals surface area contributed by atoms with Gasteiger partial charge in [0, 0.05) is 18.7 Å². The topological polar surface area (TPSA) is 96.5 Å². The van der Waals surface area contributed by atoms with Crippen molar-refractivity contribution in [2.45, 2.75) is 12.8 Å². The van der Waals surface area contributed by atoms with Crippen LogP contribution in [0.4, 0.5) is 5.69 Å². The third-order valence-electron chi connectivity index (χ3n) is 2.86. The molecule has 0 spiro atoms. The molecule has 2 amide bonds. The largest absolute Gasteiger partial charge is 0.468 e. The summed E-state index contributed by atoms with van der Waals surface area (Å²) < 4.78 is 4.43. The number of halogens is 1. The predicted molar refractivity (Wildman–Crippen MR) is 89.6 cm³/mol. The second kappa shape index (κ2) is 11.4. The second-order valence-electron chi connectivity index (χ2n) is 4.63. The van der Waals surface area contributed by atoms with Gasteiger partial charge in [-0.25, -0.2) is 0 Å². The number of carbonyl (C=O) groups is 3. The van der Waals surface area contributed by atoms with Crippen LogP contribution < -0.4 is 16.0 Å². The molecule has 0 fully saturated rings. The highest BCUT2D eigenvalue weighted by Crippen LogP contribution is 2.10. The van der Waals surface area contributed by atoms with Crippen molar-refractivity contribution in [1.29, 1.82) is 0 Å². The van der Waals surface area contributed by atoms with E-state index in [4.69, 9.17) is 0 Å². The maximum atomic E-state index is 11.6. The van der Waals surface area contributed by atoms with E-state index in [9.17, 15) is 14.4 Å². The quantitative estimate of drug-likeness (QED) is 0.597. The van der Waals surface area contributed by atoms with Gasteiger partial charge in [-0.05, 0) is 24.7 Å². The fourth-order valence-electron chi connectivity index (χ4n) is 1.66. The molecule has 3 N–H and O–H groups in total. The molecular weight excluding hydrogens is 322 g/mol. The number of carbonyl (C=O) groups excluding carboxylic acids is 3. The van der Waals surface area contributed by atoms with Crippen LogP contribution in [-0.2, 0) is 25.5 Å². The molecule has 0 bridgehead atoms. The number of hydrogen-bond donors (Lipinski definition) is 3. The van der Waals surface area contributed by atoms with Crippen LogP contribution in [0.3, 0.4) is 0 Å². The fraction of sp³-hybridized carbons (Fsp3) is 0.400. The van der Waals surface area contributed by atoms with E-state index in [1.54, 1.807) is 31.3 Å². The smallest absolute Gasteiger partial charge is 0.325 e. The lowest BCUT2D eigenvalue weighted by atomic mass is 10.1. The fourth-order valence-corrected chi connectivity index (χ4v) is 1.66. The van der Waals surface area contributed by atoms with Crippen LogP contribution in [-0.4, -0.2) is 45.0 Å². The van der Waals surface area contributed by atoms with Crippen molar-refractivity contribution in [1.82, 2.24) is 10.6 Å². The molecule has 0 saturated heterocycles. The summed E-state index contributed by atoms with van der Waals surface area (Å²) in [5.41, 5.74) is 1.47. The van der Waals surface area contributed by atoms with Gasteiger partial charge in [-0.1, -0.05) is 12.1 Å². The van der Waals surface area contributed by atoms with Gasteiger partial charge in [-0.3, -0.25) is 14.4 Å². The van der Waals surface area contributed by atoms with Gasteiger partial charge in [-0.2, -0.15) is 0 Å². The van der Waals surface area contributed by atoms with Crippen LogP contribution >= 0.6 is 12.4 Å². The Bertz CT molecular complexity index is 520. The van der Waals surface area contributed by atoms with Crippen LogP contribution in [0.25, 0.3) is 0 Å². The molecule has 0 aromatic heterocycles. The molecule has 1 aromatic carbocycles. The summed E-state index contributed by atoms with van der Waals surface area (Å²) in [6, 6.07) is 6.98. The van der Waals surface area contributed by atoms with E-state index in [-0.39, 0.29) is 37.2 Å². The summed E-state index contributed by atoms with van der Waals surface area (Å²) in [5.74, 6) is -0.831. The van der Waals surface area contributed by atoms with E-state index < -0.39 is 5.97 Å². The number of benzene rings is 1. The Labute approximate surface area is 141 Å². The Morgan fingerprint density at radius 3 is 2.30 bits per heavy atom. The third kappa shape index (κ3) is 8.80. The number of methoxy groups -OCH3 is 1. The normalized spacial score (nSPS) is 9.48. The minimum absolute atomic E-state index is 0. The zero-order valence-corrected chi connectivity index (χ0v) is 14.0. The molecule has 1 rings (SSSR count). The Hall–Kier alpha value is -2.12. The molecule has 0 aliphatic carbocycles. The van der Waals surface area contributed by atoms with Gasteiger partial charge in [0.15, 0.2) is 0 Å². The van der Waals surface area contributed by atoms with Crippen LogP contribution in [0.1, 0.15) is 12.0 Å². The minimum Gasteiger partial charge on any atom is -0.468 e. The highest BCUT2D eigenvalue weighted by Gasteiger charge is 2.07. The first-order chi connectivity index (χ1) is 10.5. The zero-order valence-electron chi connectivity index (χ0n) is 13.2. The maximum absolute atomic E-state index is 11.6. The van der Waals surface area contributed by atoms with Crippen LogP contribution in [0.2, 0.25) is 0 Å². The Balaban J connectivity index is 0.00000484. The maximum Gasteiger partial charge on any atom is 0.325 e. The minimum atomic E-state index is -0.493. The van der Waals surface area contributed by atoms with Gasteiger partial charge in [0.1, 0.15) is 6.54 Å². The second-order valence-corrected chi connectivity index (χ2v) is 4.63. The zero-order chi connectivity index (χ0) is 16.4. The van der Waals surface area contributed by atoms with E-state index >= 15 is 0 Å². The number of ether oxygens (including phenoxy) is 1. The number of amides is 2. The van der Waals surface area contributed by atoms with Crippen LogP contribution in [0.15, 0.2) is 24.3 Å². The number of rotatable bonds is 8. The van der Waals surface area contributed by atoms with E-state index in [1.165, 1.54) is 7.11 Å². The Morgan fingerprint density at radius 2 is 1.74 bits per heavy atom. The highest BCUT2D eigenvalue weighted by atomic mass is 35.5. The van der Waals surface area contributed by atoms with Crippen molar-refractivity contribution >= 4 is 35.9 Å². The lowest BCUT2D eigenvalue weighted by Crippen LogP contribution is -2.31. The molecule has 23 heavy (non-hydrogen) atoms. The number of esters is 1. The van der Waals surface area contributed by atoms with Crippen molar-refractivity contribution in [3.63, 3.8) is 0 Å². The van der Waals surface area contributed by atoms with Crippen molar-refractivity contribution in [3.8, 4) is 0 Å². The van der Waals surface area contributed by atoms with Gasteiger partial charge in [-0.15, -0.1) is 12.4 Å². The van der Waals surface area contributed by atoms with Gasteiger partial charge in [0.05, 0.1) is 13.5 Å². The average molecular weight is 344 g/mol. The molecule has 0 atom stereocenters. The van der Waals surface area contributed by atoms with Crippen molar-refractivity contribution < 1.29 is 19.1 Å². The molecule has 0 aliphatic heterocycles. The molecule has 7 nitrogen and oxygen atoms in total. The molecular formula is C15H22ClN3O4. The van der Waals surface area contributed by atoms with Crippen molar-refractivity contribution in [2.75, 3.05) is 32.6 Å². The number of hydrogen-bond acceptors (Lipinski definition) is 5. The number of nitrogens with one attached hydrogen (secondary N) is 3. The Kier molecular flexibility index (Phi) is 10.4. The van der Waals surface area contributed by atoms with Gasteiger partial charge < -0.3 is 20.7 Å². The SMILES string of the molecule is CNCCC(=O)Nc1ccc(CC(=O)NCC(=O)OC)cc1.Cl. The first-order valence-electron chi connectivity index (χ1n) is 6.92. The molecule has 0 heterocycles. The summed E-state index contributed by atoms with van der Waals surface area (Å²) >= 11 is 0.